The summed E-state index contributed by atoms with van der Waals surface area (Å²) in [5, 5.41) is 17.4. The molecular formula is C10H19NO4. The van der Waals surface area contributed by atoms with Gasteiger partial charge in [0, 0.05) is 0 Å². The van der Waals surface area contributed by atoms with Gasteiger partial charge in [-0.1, -0.05) is 32.6 Å². The highest BCUT2D eigenvalue weighted by atomic mass is 16.4. The Hall–Kier alpha value is -1.10. The van der Waals surface area contributed by atoms with Gasteiger partial charge in [0.1, 0.15) is 6.04 Å². The summed E-state index contributed by atoms with van der Waals surface area (Å²) in [6.07, 6.45) is 4.07. The topological polar surface area (TPSA) is 101 Å². The molecule has 0 heterocycles. The minimum Gasteiger partial charge on any atom is -0.481 e. The average Bonchev–Trinajstić information content (AvgIpc) is 2.16. The van der Waals surface area contributed by atoms with Gasteiger partial charge in [-0.15, -0.1) is 0 Å². The van der Waals surface area contributed by atoms with E-state index in [1.165, 1.54) is 0 Å². The second-order valence-corrected chi connectivity index (χ2v) is 3.66. The maximum Gasteiger partial charge on any atom is 0.321 e. The summed E-state index contributed by atoms with van der Waals surface area (Å²) < 4.78 is 0. The molecule has 1 unspecified atom stereocenters. The first-order chi connectivity index (χ1) is 7.00. The Kier molecular flexibility index (Phi) is 6.70. The molecule has 0 aromatic rings. The van der Waals surface area contributed by atoms with Crippen LogP contribution in [0.3, 0.4) is 0 Å². The molecular weight excluding hydrogens is 198 g/mol. The van der Waals surface area contributed by atoms with Crippen LogP contribution in [-0.2, 0) is 9.59 Å². The largest absolute Gasteiger partial charge is 0.481 e. The van der Waals surface area contributed by atoms with Gasteiger partial charge in [0.25, 0.3) is 0 Å². The summed E-state index contributed by atoms with van der Waals surface area (Å²) in [7, 11) is 0. The number of carboxylic acids is 2. The lowest BCUT2D eigenvalue weighted by Crippen LogP contribution is -2.41. The minimum atomic E-state index is -1.30. The lowest BCUT2D eigenvalue weighted by Gasteiger charge is -2.15. The Morgan fingerprint density at radius 3 is 2.13 bits per heavy atom. The van der Waals surface area contributed by atoms with Crippen LogP contribution in [0, 0.1) is 5.92 Å². The predicted octanol–water partition coefficient (Wildman–Crippen LogP) is 1.07. The third-order valence-corrected chi connectivity index (χ3v) is 2.40. The predicted molar refractivity (Wildman–Crippen MR) is 55.5 cm³/mol. The van der Waals surface area contributed by atoms with Crippen LogP contribution in [0.5, 0.6) is 0 Å². The SMILES string of the molecule is CCCCCCC(C(=O)O)[C@H](N)C(=O)O. The normalized spacial score (nSPS) is 14.5. The van der Waals surface area contributed by atoms with Gasteiger partial charge in [-0.25, -0.2) is 0 Å². The zero-order valence-corrected chi connectivity index (χ0v) is 8.98. The third-order valence-electron chi connectivity index (χ3n) is 2.40. The van der Waals surface area contributed by atoms with Crippen molar-refractivity contribution < 1.29 is 19.8 Å². The van der Waals surface area contributed by atoms with Crippen LogP contribution in [0.1, 0.15) is 39.0 Å². The Morgan fingerprint density at radius 1 is 1.13 bits per heavy atom. The van der Waals surface area contributed by atoms with E-state index in [2.05, 4.69) is 6.92 Å². The van der Waals surface area contributed by atoms with Gasteiger partial charge in [-0.3, -0.25) is 9.59 Å². The highest BCUT2D eigenvalue weighted by molar-refractivity contribution is 5.82. The molecule has 0 saturated heterocycles. The van der Waals surface area contributed by atoms with E-state index in [4.69, 9.17) is 15.9 Å². The van der Waals surface area contributed by atoms with Crippen molar-refractivity contribution >= 4 is 11.9 Å². The lowest BCUT2D eigenvalue weighted by molar-refractivity contribution is -0.150. The van der Waals surface area contributed by atoms with Gasteiger partial charge < -0.3 is 15.9 Å². The van der Waals surface area contributed by atoms with Crippen LogP contribution in [0.2, 0.25) is 0 Å². The van der Waals surface area contributed by atoms with E-state index in [-0.39, 0.29) is 0 Å². The second-order valence-electron chi connectivity index (χ2n) is 3.66. The molecule has 5 nitrogen and oxygen atoms in total. The van der Waals surface area contributed by atoms with Crippen LogP contribution in [0.15, 0.2) is 0 Å². The van der Waals surface area contributed by atoms with Gasteiger partial charge in [-0.05, 0) is 6.42 Å². The average molecular weight is 217 g/mol. The minimum absolute atomic E-state index is 0.336. The standard InChI is InChI=1S/C10H19NO4/c1-2-3-4-5-6-7(9(12)13)8(11)10(14)15/h7-8H,2-6,11H2,1H3,(H,12,13)(H,14,15)/t7?,8-/m0/s1. The molecule has 0 aliphatic carbocycles. The van der Waals surface area contributed by atoms with Gasteiger partial charge in [0.2, 0.25) is 0 Å². The zero-order chi connectivity index (χ0) is 11.8. The lowest BCUT2D eigenvalue weighted by atomic mass is 9.94. The number of carbonyl (C=O) groups is 2. The van der Waals surface area contributed by atoms with Crippen LogP contribution in [0.25, 0.3) is 0 Å². The highest BCUT2D eigenvalue weighted by Gasteiger charge is 2.29. The fourth-order valence-electron chi connectivity index (χ4n) is 1.42. The molecule has 0 bridgehead atoms. The molecule has 2 atom stereocenters. The first kappa shape index (κ1) is 13.9. The summed E-state index contributed by atoms with van der Waals surface area (Å²) in [4.78, 5) is 21.3. The van der Waals surface area contributed by atoms with Crippen molar-refractivity contribution in [3.8, 4) is 0 Å². The van der Waals surface area contributed by atoms with E-state index >= 15 is 0 Å². The molecule has 0 aromatic carbocycles. The van der Waals surface area contributed by atoms with Crippen molar-refractivity contribution in [1.82, 2.24) is 0 Å². The fourth-order valence-corrected chi connectivity index (χ4v) is 1.42. The van der Waals surface area contributed by atoms with Crippen LogP contribution >= 0.6 is 0 Å². The smallest absolute Gasteiger partial charge is 0.321 e. The molecule has 0 spiro atoms. The molecule has 0 radical (unpaired) electrons. The first-order valence-corrected chi connectivity index (χ1v) is 5.21. The second kappa shape index (κ2) is 7.23. The van der Waals surface area contributed by atoms with Crippen molar-refractivity contribution in [3.63, 3.8) is 0 Å². The van der Waals surface area contributed by atoms with Gasteiger partial charge in [0.05, 0.1) is 5.92 Å². The number of rotatable bonds is 8. The van der Waals surface area contributed by atoms with E-state index < -0.39 is 23.9 Å². The summed E-state index contributed by atoms with van der Waals surface area (Å²) in [5.74, 6) is -3.35. The van der Waals surface area contributed by atoms with Crippen molar-refractivity contribution in [3.05, 3.63) is 0 Å². The van der Waals surface area contributed by atoms with E-state index in [0.29, 0.717) is 12.8 Å². The summed E-state index contributed by atoms with van der Waals surface area (Å²) >= 11 is 0. The van der Waals surface area contributed by atoms with Crippen molar-refractivity contribution in [2.24, 2.45) is 11.7 Å². The summed E-state index contributed by atoms with van der Waals surface area (Å²) in [6.45, 7) is 2.05. The molecule has 88 valence electrons. The van der Waals surface area contributed by atoms with E-state index in [9.17, 15) is 9.59 Å². The third kappa shape index (κ3) is 5.37. The summed E-state index contributed by atoms with van der Waals surface area (Å²) in [5.41, 5.74) is 5.30. The molecule has 15 heavy (non-hydrogen) atoms. The van der Waals surface area contributed by atoms with Gasteiger partial charge >= 0.3 is 11.9 Å². The molecule has 0 amide bonds. The number of nitrogens with two attached hydrogens (primary N) is 1. The number of aliphatic carboxylic acids is 2. The van der Waals surface area contributed by atoms with E-state index in [1.54, 1.807) is 0 Å². The molecule has 0 rings (SSSR count). The van der Waals surface area contributed by atoms with Crippen LogP contribution in [0.4, 0.5) is 0 Å². The molecule has 0 fully saturated rings. The fraction of sp³-hybridized carbons (Fsp3) is 0.800. The van der Waals surface area contributed by atoms with Crippen LogP contribution in [-0.4, -0.2) is 28.2 Å². The van der Waals surface area contributed by atoms with Crippen molar-refractivity contribution in [1.29, 1.82) is 0 Å². The molecule has 0 aliphatic rings. The Labute approximate surface area is 89.3 Å². The van der Waals surface area contributed by atoms with Crippen molar-refractivity contribution in [2.75, 3.05) is 0 Å². The summed E-state index contributed by atoms with van der Waals surface area (Å²) in [6, 6.07) is -1.30. The molecule has 0 aromatic heterocycles. The number of carboxylic acid groups (broad SMARTS) is 2. The zero-order valence-electron chi connectivity index (χ0n) is 8.98. The number of unbranched alkanes of at least 4 members (excludes halogenated alkanes) is 3. The number of hydrogen-bond donors (Lipinski definition) is 3. The van der Waals surface area contributed by atoms with E-state index in [1.807, 2.05) is 0 Å². The van der Waals surface area contributed by atoms with Gasteiger partial charge in [0.15, 0.2) is 0 Å². The Balaban J connectivity index is 4.05. The van der Waals surface area contributed by atoms with Crippen LogP contribution < -0.4 is 5.73 Å². The molecule has 4 N–H and O–H groups in total. The maximum atomic E-state index is 10.8. The molecule has 5 heteroatoms. The first-order valence-electron chi connectivity index (χ1n) is 5.21. The monoisotopic (exact) mass is 217 g/mol. The number of hydrogen-bond acceptors (Lipinski definition) is 3. The molecule has 0 saturated carbocycles. The molecule has 0 aliphatic heterocycles. The Bertz CT molecular complexity index is 217. The van der Waals surface area contributed by atoms with E-state index in [0.717, 1.165) is 19.3 Å². The highest BCUT2D eigenvalue weighted by Crippen LogP contribution is 2.14. The van der Waals surface area contributed by atoms with Gasteiger partial charge in [-0.2, -0.15) is 0 Å². The quantitative estimate of drug-likeness (QED) is 0.528. The Morgan fingerprint density at radius 2 is 1.73 bits per heavy atom. The maximum absolute atomic E-state index is 10.8. The van der Waals surface area contributed by atoms with Crippen molar-refractivity contribution in [2.45, 2.75) is 45.1 Å².